The number of methoxy groups -OCH3 is 1. The van der Waals surface area contributed by atoms with E-state index in [-0.39, 0.29) is 16.0 Å². The molecule has 2 N–H and O–H groups in total. The van der Waals surface area contributed by atoms with Crippen molar-refractivity contribution in [3.63, 3.8) is 0 Å². The number of sulfonamides is 1. The van der Waals surface area contributed by atoms with Crippen LogP contribution in [0.3, 0.4) is 0 Å². The quantitative estimate of drug-likeness (QED) is 0.884. The third kappa shape index (κ3) is 4.16. The summed E-state index contributed by atoms with van der Waals surface area (Å²) < 4.78 is 32.5. The van der Waals surface area contributed by atoms with E-state index < -0.39 is 10.0 Å². The van der Waals surface area contributed by atoms with Crippen LogP contribution in [0.5, 0.6) is 5.75 Å². The fourth-order valence-electron chi connectivity index (χ4n) is 1.05. The first kappa shape index (κ1) is 14.2. The number of hydrogen-bond donors (Lipinski definition) is 1. The molecular formula is C10H14ClNO4S. The second-order valence-electron chi connectivity index (χ2n) is 3.49. The number of nitrogens with two attached hydrogens (primary N) is 1. The summed E-state index contributed by atoms with van der Waals surface area (Å²) in [5.74, 6) is 0.392. The molecule has 0 bridgehead atoms. The van der Waals surface area contributed by atoms with Crippen LogP contribution in [-0.2, 0) is 14.8 Å². The summed E-state index contributed by atoms with van der Waals surface area (Å²) in [5.41, 5.74) is 0. The molecule has 0 radical (unpaired) electrons. The zero-order valence-corrected chi connectivity index (χ0v) is 11.1. The lowest BCUT2D eigenvalue weighted by atomic mass is 10.3. The predicted octanol–water partition coefficient (Wildman–Crippen LogP) is 1.40. The van der Waals surface area contributed by atoms with Gasteiger partial charge < -0.3 is 9.47 Å². The topological polar surface area (TPSA) is 78.6 Å². The van der Waals surface area contributed by atoms with Gasteiger partial charge in [-0.25, -0.2) is 13.6 Å². The number of primary sulfonamides is 1. The SMILES string of the molecule is COC(C)COc1ccc(S(N)(=O)=O)cc1Cl. The first-order valence-electron chi connectivity index (χ1n) is 4.82. The Morgan fingerprint density at radius 1 is 1.47 bits per heavy atom. The molecule has 0 amide bonds. The van der Waals surface area contributed by atoms with Crippen LogP contribution in [0.2, 0.25) is 5.02 Å². The Labute approximate surface area is 106 Å². The molecule has 0 saturated heterocycles. The molecule has 1 unspecified atom stereocenters. The second kappa shape index (κ2) is 5.68. The van der Waals surface area contributed by atoms with E-state index in [0.29, 0.717) is 12.4 Å². The molecule has 1 aromatic carbocycles. The average Bonchev–Trinajstić information content (AvgIpc) is 2.25. The maximum absolute atomic E-state index is 11.1. The van der Waals surface area contributed by atoms with Gasteiger partial charge in [0.15, 0.2) is 0 Å². The number of halogens is 1. The summed E-state index contributed by atoms with van der Waals surface area (Å²) in [6.07, 6.45) is -0.0796. The lowest BCUT2D eigenvalue weighted by molar-refractivity contribution is 0.0717. The highest BCUT2D eigenvalue weighted by molar-refractivity contribution is 7.89. The van der Waals surface area contributed by atoms with Crippen LogP contribution in [0.4, 0.5) is 0 Å². The van der Waals surface area contributed by atoms with Gasteiger partial charge in [0, 0.05) is 7.11 Å². The monoisotopic (exact) mass is 279 g/mol. The van der Waals surface area contributed by atoms with Gasteiger partial charge in [0.1, 0.15) is 12.4 Å². The Bertz CT molecular complexity index is 489. The van der Waals surface area contributed by atoms with E-state index in [2.05, 4.69) is 0 Å². The first-order valence-corrected chi connectivity index (χ1v) is 6.75. The molecule has 0 spiro atoms. The normalized spacial score (nSPS) is 13.4. The van der Waals surface area contributed by atoms with Crippen LogP contribution >= 0.6 is 11.6 Å². The van der Waals surface area contributed by atoms with Crippen molar-refractivity contribution in [2.45, 2.75) is 17.9 Å². The minimum absolute atomic E-state index is 0.0466. The average molecular weight is 280 g/mol. The molecular weight excluding hydrogens is 266 g/mol. The highest BCUT2D eigenvalue weighted by atomic mass is 35.5. The van der Waals surface area contributed by atoms with E-state index >= 15 is 0 Å². The smallest absolute Gasteiger partial charge is 0.238 e. The zero-order valence-electron chi connectivity index (χ0n) is 9.51. The fourth-order valence-corrected chi connectivity index (χ4v) is 1.89. The Balaban J connectivity index is 2.84. The third-order valence-electron chi connectivity index (χ3n) is 2.11. The summed E-state index contributed by atoms with van der Waals surface area (Å²) in [5, 5.41) is 5.17. The minimum Gasteiger partial charge on any atom is -0.489 e. The molecule has 1 aromatic rings. The summed E-state index contributed by atoms with van der Waals surface area (Å²) in [7, 11) is -2.17. The van der Waals surface area contributed by atoms with Crippen molar-refractivity contribution in [2.75, 3.05) is 13.7 Å². The third-order valence-corrected chi connectivity index (χ3v) is 3.31. The van der Waals surface area contributed by atoms with Gasteiger partial charge in [0.05, 0.1) is 16.0 Å². The summed E-state index contributed by atoms with van der Waals surface area (Å²) in [6, 6.07) is 4.06. The van der Waals surface area contributed by atoms with Crippen molar-refractivity contribution < 1.29 is 17.9 Å². The fraction of sp³-hybridized carbons (Fsp3) is 0.400. The largest absolute Gasteiger partial charge is 0.489 e. The van der Waals surface area contributed by atoms with Gasteiger partial charge in [-0.15, -0.1) is 0 Å². The van der Waals surface area contributed by atoms with Crippen molar-refractivity contribution >= 4 is 21.6 Å². The van der Waals surface area contributed by atoms with Crippen LogP contribution < -0.4 is 9.88 Å². The van der Waals surface area contributed by atoms with E-state index in [0.717, 1.165) is 0 Å². The molecule has 0 heterocycles. The van der Waals surface area contributed by atoms with Gasteiger partial charge in [-0.1, -0.05) is 11.6 Å². The van der Waals surface area contributed by atoms with Crippen molar-refractivity contribution in [1.82, 2.24) is 0 Å². The second-order valence-corrected chi connectivity index (χ2v) is 5.46. The molecule has 0 fully saturated rings. The van der Waals surface area contributed by atoms with Gasteiger partial charge in [-0.3, -0.25) is 0 Å². The molecule has 0 aromatic heterocycles. The molecule has 0 aliphatic heterocycles. The Morgan fingerprint density at radius 2 is 2.12 bits per heavy atom. The Morgan fingerprint density at radius 3 is 2.59 bits per heavy atom. The molecule has 17 heavy (non-hydrogen) atoms. The van der Waals surface area contributed by atoms with E-state index in [4.69, 9.17) is 26.2 Å². The van der Waals surface area contributed by atoms with Crippen LogP contribution in [0.25, 0.3) is 0 Å². The van der Waals surface area contributed by atoms with Gasteiger partial charge in [0.25, 0.3) is 0 Å². The number of benzene rings is 1. The molecule has 0 saturated carbocycles. The standard InChI is InChI=1S/C10H14ClNO4S/c1-7(15-2)6-16-10-4-3-8(5-9(10)11)17(12,13)14/h3-5,7H,6H2,1-2H3,(H2,12,13,14). The molecule has 96 valence electrons. The van der Waals surface area contributed by atoms with Crippen molar-refractivity contribution in [3.8, 4) is 5.75 Å². The lowest BCUT2D eigenvalue weighted by Gasteiger charge is -2.12. The Hall–Kier alpha value is -0.820. The van der Waals surface area contributed by atoms with Crippen molar-refractivity contribution in [1.29, 1.82) is 0 Å². The van der Waals surface area contributed by atoms with E-state index in [1.54, 1.807) is 7.11 Å². The Kier molecular flexibility index (Phi) is 4.76. The van der Waals surface area contributed by atoms with Crippen molar-refractivity contribution in [2.24, 2.45) is 5.14 Å². The highest BCUT2D eigenvalue weighted by Gasteiger charge is 2.11. The molecule has 5 nitrogen and oxygen atoms in total. The van der Waals surface area contributed by atoms with Gasteiger partial charge in [-0.2, -0.15) is 0 Å². The first-order chi connectivity index (χ1) is 7.84. The van der Waals surface area contributed by atoms with Crippen molar-refractivity contribution in [3.05, 3.63) is 23.2 Å². The maximum atomic E-state index is 11.1. The number of ether oxygens (including phenoxy) is 2. The minimum atomic E-state index is -3.74. The van der Waals surface area contributed by atoms with Crippen LogP contribution in [0.15, 0.2) is 23.1 Å². The summed E-state index contributed by atoms with van der Waals surface area (Å²) >= 11 is 5.88. The predicted molar refractivity (Wildman–Crippen MR) is 64.8 cm³/mol. The van der Waals surface area contributed by atoms with E-state index in [1.807, 2.05) is 6.92 Å². The summed E-state index contributed by atoms with van der Waals surface area (Å²) in [6.45, 7) is 2.16. The molecule has 7 heteroatoms. The van der Waals surface area contributed by atoms with E-state index in [1.165, 1.54) is 18.2 Å². The van der Waals surface area contributed by atoms with Gasteiger partial charge >= 0.3 is 0 Å². The molecule has 0 aliphatic carbocycles. The summed E-state index contributed by atoms with van der Waals surface area (Å²) in [4.78, 5) is -0.0466. The van der Waals surface area contributed by atoms with Crippen LogP contribution in [-0.4, -0.2) is 28.2 Å². The van der Waals surface area contributed by atoms with Gasteiger partial charge in [-0.05, 0) is 25.1 Å². The molecule has 1 rings (SSSR count). The molecule has 1 atom stereocenters. The maximum Gasteiger partial charge on any atom is 0.238 e. The highest BCUT2D eigenvalue weighted by Crippen LogP contribution is 2.27. The van der Waals surface area contributed by atoms with Crippen LogP contribution in [0, 0.1) is 0 Å². The van der Waals surface area contributed by atoms with E-state index in [9.17, 15) is 8.42 Å². The number of rotatable bonds is 5. The number of hydrogen-bond acceptors (Lipinski definition) is 4. The van der Waals surface area contributed by atoms with Gasteiger partial charge in [0.2, 0.25) is 10.0 Å². The molecule has 0 aliphatic rings. The van der Waals surface area contributed by atoms with Crippen LogP contribution in [0.1, 0.15) is 6.92 Å². The lowest BCUT2D eigenvalue weighted by Crippen LogP contribution is -2.16. The zero-order chi connectivity index (χ0) is 13.1.